The molecule has 3 unspecified atom stereocenters. The van der Waals surface area contributed by atoms with Crippen molar-refractivity contribution < 1.29 is 9.90 Å². The largest absolute Gasteiger partial charge is 0.393 e. The van der Waals surface area contributed by atoms with Gasteiger partial charge in [0.05, 0.1) is 6.10 Å². The molecule has 1 saturated carbocycles. The Bertz CT molecular complexity index is 415. The average Bonchev–Trinajstić information content (AvgIpc) is 2.92. The van der Waals surface area contributed by atoms with Gasteiger partial charge in [0.1, 0.15) is 6.29 Å². The van der Waals surface area contributed by atoms with E-state index in [2.05, 4.69) is 4.90 Å². The highest BCUT2D eigenvalue weighted by Gasteiger charge is 2.41. The van der Waals surface area contributed by atoms with Crippen LogP contribution in [0.1, 0.15) is 23.2 Å². The van der Waals surface area contributed by atoms with E-state index in [-0.39, 0.29) is 6.10 Å². The summed E-state index contributed by atoms with van der Waals surface area (Å²) in [6.07, 6.45) is 2.87. The first-order valence-corrected chi connectivity index (χ1v) is 6.26. The molecule has 3 heteroatoms. The van der Waals surface area contributed by atoms with Crippen molar-refractivity contribution in [2.45, 2.75) is 18.9 Å². The van der Waals surface area contributed by atoms with Crippen LogP contribution in [-0.2, 0) is 0 Å². The molecule has 1 aliphatic carbocycles. The molecule has 17 heavy (non-hydrogen) atoms. The molecule has 0 spiro atoms. The van der Waals surface area contributed by atoms with Crippen molar-refractivity contribution in [3.8, 4) is 0 Å². The highest BCUT2D eigenvalue weighted by molar-refractivity contribution is 5.75. The molecule has 90 valence electrons. The van der Waals surface area contributed by atoms with Crippen LogP contribution in [-0.4, -0.2) is 30.6 Å². The minimum Gasteiger partial charge on any atom is -0.393 e. The second kappa shape index (κ2) is 4.15. The molecule has 1 aromatic carbocycles. The summed E-state index contributed by atoms with van der Waals surface area (Å²) in [6, 6.07) is 7.70. The number of anilines is 1. The summed E-state index contributed by atoms with van der Waals surface area (Å²) in [7, 11) is 0. The van der Waals surface area contributed by atoms with Crippen molar-refractivity contribution in [3.05, 3.63) is 29.8 Å². The quantitative estimate of drug-likeness (QED) is 0.788. The number of hydrogen-bond donors (Lipinski definition) is 1. The van der Waals surface area contributed by atoms with E-state index in [1.165, 1.54) is 0 Å². The van der Waals surface area contributed by atoms with Gasteiger partial charge in [0.2, 0.25) is 0 Å². The number of aldehydes is 1. The maximum absolute atomic E-state index is 10.6. The van der Waals surface area contributed by atoms with Gasteiger partial charge in [-0.05, 0) is 43.0 Å². The van der Waals surface area contributed by atoms with Gasteiger partial charge in [0, 0.05) is 30.3 Å². The SMILES string of the molecule is O=Cc1ccc(N2CC3CCC(O)C3C2)cc1. The van der Waals surface area contributed by atoms with Gasteiger partial charge in [-0.2, -0.15) is 0 Å². The Morgan fingerprint density at radius 2 is 1.94 bits per heavy atom. The molecule has 3 rings (SSSR count). The summed E-state index contributed by atoms with van der Waals surface area (Å²) in [6.45, 7) is 1.99. The van der Waals surface area contributed by atoms with Gasteiger partial charge in [-0.25, -0.2) is 0 Å². The molecular weight excluding hydrogens is 214 g/mol. The molecule has 2 fully saturated rings. The maximum atomic E-state index is 10.6. The number of carbonyl (C=O) groups excluding carboxylic acids is 1. The Kier molecular flexibility index (Phi) is 2.63. The van der Waals surface area contributed by atoms with Crippen LogP contribution in [0.2, 0.25) is 0 Å². The van der Waals surface area contributed by atoms with Crippen molar-refractivity contribution >= 4 is 12.0 Å². The summed E-state index contributed by atoms with van der Waals surface area (Å²) in [5, 5.41) is 9.87. The molecule has 1 saturated heterocycles. The molecule has 0 radical (unpaired) electrons. The van der Waals surface area contributed by atoms with Crippen LogP contribution < -0.4 is 4.90 Å². The minimum atomic E-state index is -0.112. The Morgan fingerprint density at radius 1 is 1.18 bits per heavy atom. The number of carbonyl (C=O) groups is 1. The van der Waals surface area contributed by atoms with E-state index in [1.54, 1.807) is 0 Å². The predicted octanol–water partition coefficient (Wildman–Crippen LogP) is 1.71. The molecule has 1 N–H and O–H groups in total. The lowest BCUT2D eigenvalue weighted by Crippen LogP contribution is -2.24. The Labute approximate surface area is 101 Å². The van der Waals surface area contributed by atoms with Crippen LogP contribution >= 0.6 is 0 Å². The molecule has 1 aromatic rings. The molecule has 1 aliphatic heterocycles. The fourth-order valence-corrected chi connectivity index (χ4v) is 3.21. The molecule has 0 amide bonds. The fourth-order valence-electron chi connectivity index (χ4n) is 3.21. The predicted molar refractivity (Wildman–Crippen MR) is 66.3 cm³/mol. The van der Waals surface area contributed by atoms with Crippen LogP contribution in [0.25, 0.3) is 0 Å². The molecular formula is C14H17NO2. The van der Waals surface area contributed by atoms with Gasteiger partial charge in [0.15, 0.2) is 0 Å². The molecule has 3 atom stereocenters. The van der Waals surface area contributed by atoms with E-state index in [0.29, 0.717) is 17.4 Å². The Hall–Kier alpha value is -1.35. The lowest BCUT2D eigenvalue weighted by atomic mass is 10.00. The van der Waals surface area contributed by atoms with E-state index < -0.39 is 0 Å². The number of rotatable bonds is 2. The number of fused-ring (bicyclic) bond motifs is 1. The van der Waals surface area contributed by atoms with E-state index >= 15 is 0 Å². The molecule has 0 bridgehead atoms. The van der Waals surface area contributed by atoms with Crippen molar-refractivity contribution in [2.24, 2.45) is 11.8 Å². The second-order valence-corrected chi connectivity index (χ2v) is 5.18. The first-order valence-electron chi connectivity index (χ1n) is 6.26. The fraction of sp³-hybridized carbons (Fsp3) is 0.500. The topological polar surface area (TPSA) is 40.5 Å². The summed E-state index contributed by atoms with van der Waals surface area (Å²) in [5.41, 5.74) is 1.88. The van der Waals surface area contributed by atoms with Crippen LogP contribution in [0.4, 0.5) is 5.69 Å². The Morgan fingerprint density at radius 3 is 2.59 bits per heavy atom. The zero-order valence-corrected chi connectivity index (χ0v) is 9.75. The van der Waals surface area contributed by atoms with E-state index in [4.69, 9.17) is 0 Å². The summed E-state index contributed by atoms with van der Waals surface area (Å²) in [4.78, 5) is 12.9. The molecule has 2 aliphatic rings. The van der Waals surface area contributed by atoms with Crippen molar-refractivity contribution in [1.29, 1.82) is 0 Å². The van der Waals surface area contributed by atoms with Crippen molar-refractivity contribution in [3.63, 3.8) is 0 Å². The maximum Gasteiger partial charge on any atom is 0.150 e. The number of aliphatic hydroxyl groups is 1. The highest BCUT2D eigenvalue weighted by Crippen LogP contribution is 2.39. The average molecular weight is 231 g/mol. The van der Waals surface area contributed by atoms with Gasteiger partial charge >= 0.3 is 0 Å². The molecule has 3 nitrogen and oxygen atoms in total. The van der Waals surface area contributed by atoms with Crippen LogP contribution in [0.5, 0.6) is 0 Å². The smallest absolute Gasteiger partial charge is 0.150 e. The van der Waals surface area contributed by atoms with Crippen LogP contribution in [0.15, 0.2) is 24.3 Å². The van der Waals surface area contributed by atoms with Crippen LogP contribution in [0.3, 0.4) is 0 Å². The first-order chi connectivity index (χ1) is 8.28. The first kappa shape index (κ1) is 10.8. The standard InChI is InChI=1S/C14H17NO2/c16-9-10-1-4-12(5-2-10)15-7-11-3-6-14(17)13(11)8-15/h1-2,4-5,9,11,13-14,17H,3,6-8H2. The van der Waals surface area contributed by atoms with Gasteiger partial charge in [-0.3, -0.25) is 4.79 Å². The number of aliphatic hydroxyl groups excluding tert-OH is 1. The number of nitrogens with zero attached hydrogens (tertiary/aromatic N) is 1. The minimum absolute atomic E-state index is 0.112. The summed E-state index contributed by atoms with van der Waals surface area (Å²) in [5.74, 6) is 1.09. The summed E-state index contributed by atoms with van der Waals surface area (Å²) < 4.78 is 0. The van der Waals surface area contributed by atoms with Gasteiger partial charge < -0.3 is 10.0 Å². The zero-order chi connectivity index (χ0) is 11.8. The molecule has 0 aromatic heterocycles. The number of benzene rings is 1. The van der Waals surface area contributed by atoms with E-state index in [1.807, 2.05) is 24.3 Å². The normalized spacial score (nSPS) is 31.6. The number of hydrogen-bond acceptors (Lipinski definition) is 3. The van der Waals surface area contributed by atoms with E-state index in [9.17, 15) is 9.90 Å². The highest BCUT2D eigenvalue weighted by atomic mass is 16.3. The third-order valence-corrected chi connectivity index (χ3v) is 4.21. The van der Waals surface area contributed by atoms with Gasteiger partial charge in [-0.15, -0.1) is 0 Å². The van der Waals surface area contributed by atoms with Crippen molar-refractivity contribution in [1.82, 2.24) is 0 Å². The van der Waals surface area contributed by atoms with Gasteiger partial charge in [0.25, 0.3) is 0 Å². The van der Waals surface area contributed by atoms with Crippen molar-refractivity contribution in [2.75, 3.05) is 18.0 Å². The summed E-state index contributed by atoms with van der Waals surface area (Å²) >= 11 is 0. The third-order valence-electron chi connectivity index (χ3n) is 4.21. The van der Waals surface area contributed by atoms with E-state index in [0.717, 1.165) is 37.9 Å². The second-order valence-electron chi connectivity index (χ2n) is 5.18. The monoisotopic (exact) mass is 231 g/mol. The lowest BCUT2D eigenvalue weighted by Gasteiger charge is -2.20. The zero-order valence-electron chi connectivity index (χ0n) is 9.75. The van der Waals surface area contributed by atoms with Crippen LogP contribution in [0, 0.1) is 11.8 Å². The third kappa shape index (κ3) is 1.84. The molecule has 1 heterocycles. The Balaban J connectivity index is 1.75. The lowest BCUT2D eigenvalue weighted by molar-refractivity contribution is 0.112. The van der Waals surface area contributed by atoms with Gasteiger partial charge in [-0.1, -0.05) is 0 Å².